The lowest BCUT2D eigenvalue weighted by molar-refractivity contribution is 0.0678. The number of nitrogens with zero attached hydrogens (tertiary/aromatic N) is 1. The van der Waals surface area contributed by atoms with Crippen molar-refractivity contribution < 1.29 is 9.53 Å². The molecule has 2 heterocycles. The van der Waals surface area contributed by atoms with Crippen molar-refractivity contribution in [2.45, 2.75) is 19.8 Å². The van der Waals surface area contributed by atoms with Gasteiger partial charge in [-0.15, -0.1) is 0 Å². The highest BCUT2D eigenvalue weighted by molar-refractivity contribution is 5.99. The first-order valence-corrected chi connectivity index (χ1v) is 7.14. The summed E-state index contributed by atoms with van der Waals surface area (Å²) in [6.45, 7) is 3.91. The maximum Gasteiger partial charge on any atom is 0.270 e. The number of benzene rings is 1. The Kier molecular flexibility index (Phi) is 3.38. The van der Waals surface area contributed by atoms with E-state index >= 15 is 0 Å². The Morgan fingerprint density at radius 3 is 3.05 bits per heavy atom. The van der Waals surface area contributed by atoms with Crippen molar-refractivity contribution >= 4 is 16.8 Å². The van der Waals surface area contributed by atoms with Gasteiger partial charge in [-0.05, 0) is 37.0 Å². The topological polar surface area (TPSA) is 45.3 Å². The average molecular weight is 272 g/mol. The minimum Gasteiger partial charge on any atom is -0.496 e. The molecular formula is C16H20N2O2. The van der Waals surface area contributed by atoms with Crippen molar-refractivity contribution in [1.82, 2.24) is 9.88 Å². The van der Waals surface area contributed by atoms with Crippen LogP contribution in [0.15, 0.2) is 24.3 Å². The van der Waals surface area contributed by atoms with Crippen LogP contribution in [0.25, 0.3) is 10.9 Å². The van der Waals surface area contributed by atoms with Gasteiger partial charge in [0.25, 0.3) is 5.91 Å². The zero-order valence-electron chi connectivity index (χ0n) is 12.0. The van der Waals surface area contributed by atoms with Gasteiger partial charge in [0, 0.05) is 24.0 Å². The summed E-state index contributed by atoms with van der Waals surface area (Å²) in [7, 11) is 1.65. The van der Waals surface area contributed by atoms with E-state index in [4.69, 9.17) is 4.74 Å². The van der Waals surface area contributed by atoms with Gasteiger partial charge in [0.05, 0.1) is 7.11 Å². The predicted molar refractivity (Wildman–Crippen MR) is 79.2 cm³/mol. The first-order chi connectivity index (χ1) is 9.69. The molecule has 1 N–H and O–H groups in total. The van der Waals surface area contributed by atoms with Gasteiger partial charge in [0.2, 0.25) is 0 Å². The van der Waals surface area contributed by atoms with Gasteiger partial charge >= 0.3 is 0 Å². The number of methoxy groups -OCH3 is 1. The number of carbonyl (C=O) groups is 1. The number of carbonyl (C=O) groups excluding carboxylic acids is 1. The Balaban J connectivity index is 1.92. The number of piperidine rings is 1. The fourth-order valence-corrected chi connectivity index (χ4v) is 2.96. The van der Waals surface area contributed by atoms with E-state index in [1.165, 1.54) is 6.42 Å². The molecule has 1 aliphatic rings. The number of rotatable bonds is 2. The standard InChI is InChI=1S/C16H20N2O2/c1-11-5-4-8-18(10-11)16(19)14-9-12-13(17-14)6-3-7-15(12)20-2/h3,6-7,9,11,17H,4-5,8,10H2,1-2H3/t11-/m1/s1. The Morgan fingerprint density at radius 1 is 1.45 bits per heavy atom. The molecule has 0 bridgehead atoms. The van der Waals surface area contributed by atoms with Gasteiger partial charge in [0.1, 0.15) is 11.4 Å². The van der Waals surface area contributed by atoms with Gasteiger partial charge in [-0.3, -0.25) is 4.79 Å². The van der Waals surface area contributed by atoms with Crippen LogP contribution in [0.5, 0.6) is 5.75 Å². The molecule has 0 aliphatic carbocycles. The molecule has 20 heavy (non-hydrogen) atoms. The highest BCUT2D eigenvalue weighted by Gasteiger charge is 2.23. The maximum atomic E-state index is 12.6. The van der Waals surface area contributed by atoms with Crippen molar-refractivity contribution in [2.24, 2.45) is 5.92 Å². The molecule has 4 heteroatoms. The lowest BCUT2D eigenvalue weighted by atomic mass is 10.00. The molecule has 1 aliphatic heterocycles. The van der Waals surface area contributed by atoms with E-state index in [1.54, 1.807) is 7.11 Å². The lowest BCUT2D eigenvalue weighted by Gasteiger charge is -2.30. The van der Waals surface area contributed by atoms with E-state index in [0.29, 0.717) is 11.6 Å². The molecule has 0 radical (unpaired) electrons. The maximum absolute atomic E-state index is 12.6. The number of hydrogen-bond donors (Lipinski definition) is 1. The Hall–Kier alpha value is -1.97. The molecule has 1 aromatic heterocycles. The van der Waals surface area contributed by atoms with Crippen LogP contribution in [0.4, 0.5) is 0 Å². The quantitative estimate of drug-likeness (QED) is 0.913. The summed E-state index contributed by atoms with van der Waals surface area (Å²) in [5, 5.41) is 0.961. The van der Waals surface area contributed by atoms with E-state index in [9.17, 15) is 4.79 Å². The molecule has 1 saturated heterocycles. The monoisotopic (exact) mass is 272 g/mol. The molecular weight excluding hydrogens is 252 g/mol. The highest BCUT2D eigenvalue weighted by Crippen LogP contribution is 2.27. The first kappa shape index (κ1) is 13.0. The summed E-state index contributed by atoms with van der Waals surface area (Å²) < 4.78 is 5.34. The van der Waals surface area contributed by atoms with E-state index in [-0.39, 0.29) is 5.91 Å². The fraction of sp³-hybridized carbons (Fsp3) is 0.438. The third kappa shape index (κ3) is 2.26. The smallest absolute Gasteiger partial charge is 0.270 e. The summed E-state index contributed by atoms with van der Waals surface area (Å²) >= 11 is 0. The number of ether oxygens (including phenoxy) is 1. The molecule has 2 aromatic rings. The second kappa shape index (κ2) is 5.19. The summed E-state index contributed by atoms with van der Waals surface area (Å²) in [6, 6.07) is 7.70. The van der Waals surface area contributed by atoms with Crippen LogP contribution >= 0.6 is 0 Å². The van der Waals surface area contributed by atoms with Crippen LogP contribution in [-0.2, 0) is 0 Å². The number of amides is 1. The summed E-state index contributed by atoms with van der Waals surface area (Å²) in [5.41, 5.74) is 1.59. The number of H-pyrrole nitrogens is 1. The van der Waals surface area contributed by atoms with Gasteiger partial charge in [-0.1, -0.05) is 13.0 Å². The normalized spacial score (nSPS) is 19.3. The van der Waals surface area contributed by atoms with Crippen molar-refractivity contribution in [3.63, 3.8) is 0 Å². The van der Waals surface area contributed by atoms with E-state index < -0.39 is 0 Å². The molecule has 3 rings (SSSR count). The van der Waals surface area contributed by atoms with Crippen molar-refractivity contribution in [3.8, 4) is 5.75 Å². The molecule has 1 amide bonds. The number of nitrogens with one attached hydrogen (secondary N) is 1. The number of aromatic nitrogens is 1. The second-order valence-electron chi connectivity index (χ2n) is 5.60. The first-order valence-electron chi connectivity index (χ1n) is 7.14. The molecule has 1 aromatic carbocycles. The molecule has 0 saturated carbocycles. The third-order valence-electron chi connectivity index (χ3n) is 4.02. The second-order valence-corrected chi connectivity index (χ2v) is 5.60. The number of fused-ring (bicyclic) bond motifs is 1. The SMILES string of the molecule is COc1cccc2[nH]c(C(=O)N3CCC[C@@H](C)C3)cc12. The van der Waals surface area contributed by atoms with Gasteiger partial charge in [0.15, 0.2) is 0 Å². The molecule has 0 spiro atoms. The number of likely N-dealkylation sites (tertiary alicyclic amines) is 1. The molecule has 0 unspecified atom stereocenters. The lowest BCUT2D eigenvalue weighted by Crippen LogP contribution is -2.39. The van der Waals surface area contributed by atoms with Crippen molar-refractivity contribution in [3.05, 3.63) is 30.0 Å². The summed E-state index contributed by atoms with van der Waals surface area (Å²) in [5.74, 6) is 1.48. The Labute approximate surface area is 118 Å². The van der Waals surface area contributed by atoms with Crippen LogP contribution in [0.3, 0.4) is 0 Å². The third-order valence-corrected chi connectivity index (χ3v) is 4.02. The van der Waals surface area contributed by atoms with E-state index in [1.807, 2.05) is 29.2 Å². The van der Waals surface area contributed by atoms with Crippen molar-refractivity contribution in [2.75, 3.05) is 20.2 Å². The predicted octanol–water partition coefficient (Wildman–Crippen LogP) is 3.05. The molecule has 106 valence electrons. The largest absolute Gasteiger partial charge is 0.496 e. The minimum absolute atomic E-state index is 0.0924. The minimum atomic E-state index is 0.0924. The van der Waals surface area contributed by atoms with Gasteiger partial charge in [-0.2, -0.15) is 0 Å². The zero-order valence-corrected chi connectivity index (χ0v) is 12.0. The van der Waals surface area contributed by atoms with E-state index in [2.05, 4.69) is 11.9 Å². The van der Waals surface area contributed by atoms with Gasteiger partial charge < -0.3 is 14.6 Å². The van der Waals surface area contributed by atoms with E-state index in [0.717, 1.165) is 36.2 Å². The Bertz CT molecular complexity index is 632. The Morgan fingerprint density at radius 2 is 2.30 bits per heavy atom. The molecule has 4 nitrogen and oxygen atoms in total. The number of hydrogen-bond acceptors (Lipinski definition) is 2. The fourth-order valence-electron chi connectivity index (χ4n) is 2.96. The number of aromatic amines is 1. The van der Waals surface area contributed by atoms with Crippen LogP contribution in [0, 0.1) is 5.92 Å². The van der Waals surface area contributed by atoms with Crippen LogP contribution in [0.2, 0.25) is 0 Å². The van der Waals surface area contributed by atoms with Gasteiger partial charge in [-0.25, -0.2) is 0 Å². The molecule has 1 fully saturated rings. The summed E-state index contributed by atoms with van der Waals surface area (Å²) in [6.07, 6.45) is 2.31. The highest BCUT2D eigenvalue weighted by atomic mass is 16.5. The van der Waals surface area contributed by atoms with Crippen molar-refractivity contribution in [1.29, 1.82) is 0 Å². The zero-order chi connectivity index (χ0) is 14.1. The van der Waals surface area contributed by atoms with Crippen LogP contribution in [0.1, 0.15) is 30.3 Å². The average Bonchev–Trinajstić information content (AvgIpc) is 2.90. The summed E-state index contributed by atoms with van der Waals surface area (Å²) in [4.78, 5) is 17.7. The molecule has 1 atom stereocenters. The van der Waals surface area contributed by atoms with Crippen LogP contribution in [-0.4, -0.2) is 36.0 Å². The van der Waals surface area contributed by atoms with Crippen LogP contribution < -0.4 is 4.74 Å².